The maximum atomic E-state index is 9.83. The molecule has 228 valence electrons. The van der Waals surface area contributed by atoms with E-state index in [1.165, 1.54) is 33.4 Å². The van der Waals surface area contributed by atoms with Gasteiger partial charge in [-0.05, 0) is 93.2 Å². The zero-order valence-electron chi connectivity index (χ0n) is 28.0. The zero-order chi connectivity index (χ0) is 31.9. The van der Waals surface area contributed by atoms with E-state index in [1.54, 1.807) is 0 Å². The third-order valence-electron chi connectivity index (χ3n) is 6.41. The highest BCUT2D eigenvalue weighted by Crippen LogP contribution is 2.14. The average Bonchev–Trinajstić information content (AvgIpc) is 2.92. The van der Waals surface area contributed by atoms with E-state index in [4.69, 9.17) is 0 Å². The Morgan fingerprint density at radius 2 is 0.619 bits per heavy atom. The van der Waals surface area contributed by atoms with Crippen molar-refractivity contribution in [3.8, 4) is 0 Å². The summed E-state index contributed by atoms with van der Waals surface area (Å²) in [6.45, 7) is 20.3. The Hall–Kier alpha value is -3.78. The fourth-order valence-corrected chi connectivity index (χ4v) is 3.37. The Morgan fingerprint density at radius 1 is 0.357 bits per heavy atom. The minimum Gasteiger partial charge on any atom is -0.512 e. The third-order valence-corrected chi connectivity index (χ3v) is 6.41. The van der Waals surface area contributed by atoms with Crippen molar-refractivity contribution in [2.24, 2.45) is 0 Å². The molecule has 0 heterocycles. The van der Waals surface area contributed by atoms with Gasteiger partial charge in [0.1, 0.15) is 0 Å². The van der Waals surface area contributed by atoms with E-state index in [-0.39, 0.29) is 0 Å². The van der Waals surface area contributed by atoms with Crippen molar-refractivity contribution in [2.45, 2.75) is 94.9 Å². The Labute approximate surface area is 258 Å². The van der Waals surface area contributed by atoms with Crippen molar-refractivity contribution >= 4 is 0 Å². The molecule has 0 saturated heterocycles. The maximum absolute atomic E-state index is 9.83. The minimum atomic E-state index is 0.492. The van der Waals surface area contributed by atoms with E-state index in [0.717, 1.165) is 24.0 Å². The quantitative estimate of drug-likeness (QED) is 0.144. The van der Waals surface area contributed by atoms with Crippen LogP contribution < -0.4 is 0 Å². The summed E-state index contributed by atoms with van der Waals surface area (Å²) in [4.78, 5) is 0. The highest BCUT2D eigenvalue weighted by atomic mass is 16.3. The lowest BCUT2D eigenvalue weighted by Gasteiger charge is -2.02. The van der Waals surface area contributed by atoms with Gasteiger partial charge in [-0.2, -0.15) is 0 Å². The summed E-state index contributed by atoms with van der Waals surface area (Å²) < 4.78 is 0. The molecule has 0 aliphatic rings. The predicted octanol–water partition coefficient (Wildman–Crippen LogP) is 12.7. The number of rotatable bonds is 16. The summed E-state index contributed by atoms with van der Waals surface area (Å²) in [6, 6.07) is 0. The summed E-state index contributed by atoms with van der Waals surface area (Å²) in [6.07, 6.45) is 36.5. The standard InChI is InChI=1S/C40H56O2/c1-31(2)39(41)29-27-37(9)25-15-23-35(7)21-13-19-33(5)17-11-12-18-34(6)20-14-22-36(8)24-16-26-38(10)28-30-40(42)32(3)4/h11-26,41-42H,27-30H2,1-10H3/b12-11+,19-13+,20-14+,23-15+,24-16+,33-17+,34-18+,35-21+,36-22+,37-25+,38-26+. The molecule has 2 N–H and O–H groups in total. The lowest BCUT2D eigenvalue weighted by atomic mass is 10.1. The number of hydrogen-bond acceptors (Lipinski definition) is 2. The van der Waals surface area contributed by atoms with Crippen LogP contribution in [0.1, 0.15) is 94.9 Å². The Morgan fingerprint density at radius 3 is 0.905 bits per heavy atom. The molecular formula is C40H56O2. The predicted molar refractivity (Wildman–Crippen MR) is 189 cm³/mol. The molecule has 0 unspecified atom stereocenters. The average molecular weight is 569 g/mol. The Kier molecular flexibility index (Phi) is 20.8. The molecule has 2 heteroatoms. The molecule has 0 aromatic carbocycles. The second-order valence-electron chi connectivity index (χ2n) is 11.4. The second-order valence-corrected chi connectivity index (χ2v) is 11.4. The van der Waals surface area contributed by atoms with Gasteiger partial charge in [-0.25, -0.2) is 0 Å². The van der Waals surface area contributed by atoms with E-state index >= 15 is 0 Å². The van der Waals surface area contributed by atoms with Gasteiger partial charge < -0.3 is 10.2 Å². The van der Waals surface area contributed by atoms with Gasteiger partial charge in [0, 0.05) is 12.8 Å². The van der Waals surface area contributed by atoms with Gasteiger partial charge in [0.2, 0.25) is 0 Å². The highest BCUT2D eigenvalue weighted by molar-refractivity contribution is 5.32. The first-order chi connectivity index (χ1) is 19.8. The van der Waals surface area contributed by atoms with Crippen molar-refractivity contribution in [3.05, 3.63) is 153 Å². The van der Waals surface area contributed by atoms with Gasteiger partial charge in [-0.3, -0.25) is 0 Å². The van der Waals surface area contributed by atoms with Gasteiger partial charge in [0.25, 0.3) is 0 Å². The van der Waals surface area contributed by atoms with Gasteiger partial charge in [-0.1, -0.05) is 131 Å². The van der Waals surface area contributed by atoms with Crippen molar-refractivity contribution in [2.75, 3.05) is 0 Å². The number of hydrogen-bond donors (Lipinski definition) is 2. The summed E-state index contributed by atoms with van der Waals surface area (Å²) in [5.41, 5.74) is 9.19. The Bertz CT molecular complexity index is 1150. The molecule has 0 aliphatic carbocycles. The van der Waals surface area contributed by atoms with Gasteiger partial charge in [0.05, 0.1) is 11.5 Å². The third kappa shape index (κ3) is 22.0. The molecule has 0 aliphatic heterocycles. The summed E-state index contributed by atoms with van der Waals surface area (Å²) in [7, 11) is 0. The van der Waals surface area contributed by atoms with E-state index < -0.39 is 0 Å². The number of allylic oxidation sites excluding steroid dienone is 26. The monoisotopic (exact) mass is 568 g/mol. The van der Waals surface area contributed by atoms with Crippen LogP contribution in [0.4, 0.5) is 0 Å². The second kappa shape index (κ2) is 22.9. The van der Waals surface area contributed by atoms with E-state index in [1.807, 2.05) is 27.7 Å². The summed E-state index contributed by atoms with van der Waals surface area (Å²) in [5.74, 6) is 0.983. The number of aliphatic hydroxyl groups is 2. The lowest BCUT2D eigenvalue weighted by molar-refractivity contribution is 0.380. The first kappa shape index (κ1) is 38.2. The van der Waals surface area contributed by atoms with Crippen molar-refractivity contribution in [1.82, 2.24) is 0 Å². The molecule has 0 fully saturated rings. The van der Waals surface area contributed by atoms with E-state index in [9.17, 15) is 10.2 Å². The van der Waals surface area contributed by atoms with Crippen LogP contribution >= 0.6 is 0 Å². The van der Waals surface area contributed by atoms with Crippen LogP contribution in [0.3, 0.4) is 0 Å². The first-order valence-electron chi connectivity index (χ1n) is 14.9. The molecule has 0 rings (SSSR count). The van der Waals surface area contributed by atoms with Crippen LogP contribution in [0.5, 0.6) is 0 Å². The molecular weight excluding hydrogens is 512 g/mol. The van der Waals surface area contributed by atoms with E-state index in [2.05, 4.69) is 139 Å². The molecule has 42 heavy (non-hydrogen) atoms. The molecule has 0 spiro atoms. The lowest BCUT2D eigenvalue weighted by Crippen LogP contribution is -1.86. The molecule has 0 atom stereocenters. The molecule has 0 aromatic rings. The van der Waals surface area contributed by atoms with Crippen LogP contribution in [0, 0.1) is 0 Å². The van der Waals surface area contributed by atoms with Crippen molar-refractivity contribution < 1.29 is 10.2 Å². The molecule has 0 amide bonds. The van der Waals surface area contributed by atoms with Crippen molar-refractivity contribution in [1.29, 1.82) is 0 Å². The van der Waals surface area contributed by atoms with Crippen LogP contribution in [-0.2, 0) is 0 Å². The maximum Gasteiger partial charge on any atom is 0.0912 e. The smallest absolute Gasteiger partial charge is 0.0912 e. The summed E-state index contributed by atoms with van der Waals surface area (Å²) >= 11 is 0. The largest absolute Gasteiger partial charge is 0.512 e. The normalized spacial score (nSPS) is 14.9. The van der Waals surface area contributed by atoms with Crippen molar-refractivity contribution in [3.63, 3.8) is 0 Å². The van der Waals surface area contributed by atoms with Crippen LogP contribution in [-0.4, -0.2) is 10.2 Å². The number of aliphatic hydroxyl groups excluding tert-OH is 2. The SMILES string of the molecule is CC(C)=C(O)CC/C(C)=C/C=C/C(C)=C/C=C/C(C)=C/C=C/C=C(C)/C=C/C=C(C)/C=C/C=C(\C)CCC(O)=C(C)C. The molecule has 2 nitrogen and oxygen atoms in total. The Balaban J connectivity index is 4.76. The van der Waals surface area contributed by atoms with Crippen LogP contribution in [0.25, 0.3) is 0 Å². The topological polar surface area (TPSA) is 40.5 Å². The van der Waals surface area contributed by atoms with Crippen LogP contribution in [0.2, 0.25) is 0 Å². The first-order valence-corrected chi connectivity index (χ1v) is 14.9. The van der Waals surface area contributed by atoms with E-state index in [0.29, 0.717) is 24.4 Å². The molecule has 0 aromatic heterocycles. The van der Waals surface area contributed by atoms with Gasteiger partial charge in [0.15, 0.2) is 0 Å². The van der Waals surface area contributed by atoms with Gasteiger partial charge >= 0.3 is 0 Å². The highest BCUT2D eigenvalue weighted by Gasteiger charge is 1.97. The summed E-state index contributed by atoms with van der Waals surface area (Å²) in [5, 5.41) is 19.7. The van der Waals surface area contributed by atoms with Gasteiger partial charge in [-0.15, -0.1) is 0 Å². The fraction of sp³-hybridized carbons (Fsp3) is 0.350. The fourth-order valence-electron chi connectivity index (χ4n) is 3.37. The molecule has 0 radical (unpaired) electrons. The molecule has 0 saturated carbocycles. The van der Waals surface area contributed by atoms with Crippen LogP contribution in [0.15, 0.2) is 153 Å². The molecule has 0 bridgehead atoms. The zero-order valence-corrected chi connectivity index (χ0v) is 28.0. The minimum absolute atomic E-state index is 0.492.